The van der Waals surface area contributed by atoms with Crippen LogP contribution in [0.5, 0.6) is 0 Å². The van der Waals surface area contributed by atoms with Crippen LogP contribution in [0.1, 0.15) is 12.2 Å². The number of aromatic nitrogens is 1. The van der Waals surface area contributed by atoms with Gasteiger partial charge in [-0.2, -0.15) is 0 Å². The van der Waals surface area contributed by atoms with Gasteiger partial charge < -0.3 is 9.84 Å². The molecule has 1 aromatic rings. The monoisotopic (exact) mass is 276 g/mol. The van der Waals surface area contributed by atoms with E-state index in [9.17, 15) is 13.2 Å². The van der Waals surface area contributed by atoms with E-state index in [1.165, 1.54) is 0 Å². The van der Waals surface area contributed by atoms with Gasteiger partial charge in [0.25, 0.3) is 0 Å². The van der Waals surface area contributed by atoms with Crippen molar-refractivity contribution < 1.29 is 17.7 Å². The minimum absolute atomic E-state index is 0.280. The molecule has 0 unspecified atom stereocenters. The third kappa shape index (κ3) is 6.21. The fraction of sp³-hybridized carbons (Fsp3) is 0.556. The van der Waals surface area contributed by atoms with Crippen molar-refractivity contribution in [1.82, 2.24) is 15.2 Å². The third-order valence-corrected chi connectivity index (χ3v) is 2.60. The van der Waals surface area contributed by atoms with Crippen LogP contribution in [0.15, 0.2) is 10.6 Å². The summed E-state index contributed by atoms with van der Waals surface area (Å²) in [7, 11) is -3.17. The Balaban J connectivity index is 2.14. The molecule has 0 saturated heterocycles. The van der Waals surface area contributed by atoms with Crippen LogP contribution in [-0.2, 0) is 10.0 Å². The maximum absolute atomic E-state index is 11.3. The van der Waals surface area contributed by atoms with E-state index >= 15 is 0 Å². The van der Waals surface area contributed by atoms with Crippen molar-refractivity contribution in [3.05, 3.63) is 11.8 Å². The van der Waals surface area contributed by atoms with Crippen molar-refractivity contribution in [2.45, 2.75) is 13.3 Å². The van der Waals surface area contributed by atoms with Crippen LogP contribution in [0.2, 0.25) is 0 Å². The Morgan fingerprint density at radius 1 is 1.44 bits per heavy atom. The Kier molecular flexibility index (Phi) is 5.10. The van der Waals surface area contributed by atoms with Gasteiger partial charge in [0, 0.05) is 19.2 Å². The number of sulfonamides is 1. The molecule has 8 nitrogen and oxygen atoms in total. The molecule has 102 valence electrons. The van der Waals surface area contributed by atoms with Gasteiger partial charge >= 0.3 is 6.03 Å². The van der Waals surface area contributed by atoms with Crippen molar-refractivity contribution in [2.24, 2.45) is 0 Å². The fourth-order valence-corrected chi connectivity index (χ4v) is 1.65. The zero-order chi connectivity index (χ0) is 13.6. The largest absolute Gasteiger partial charge is 0.360 e. The van der Waals surface area contributed by atoms with E-state index < -0.39 is 16.1 Å². The first-order valence-electron chi connectivity index (χ1n) is 5.29. The van der Waals surface area contributed by atoms with Crippen LogP contribution in [0.4, 0.5) is 10.6 Å². The standard InChI is InChI=1S/C9H16N4O4S/c1-7-6-8(13-17-7)12-9(14)10-4-3-5-11-18(2,15)16/h6,11H,3-5H2,1-2H3,(H2,10,12,13,14). The van der Waals surface area contributed by atoms with Crippen molar-refractivity contribution in [2.75, 3.05) is 24.7 Å². The predicted molar refractivity (Wildman–Crippen MR) is 65.7 cm³/mol. The molecule has 3 N–H and O–H groups in total. The lowest BCUT2D eigenvalue weighted by Crippen LogP contribution is -2.32. The summed E-state index contributed by atoms with van der Waals surface area (Å²) in [4.78, 5) is 11.3. The lowest BCUT2D eigenvalue weighted by molar-refractivity contribution is 0.251. The van der Waals surface area contributed by atoms with Gasteiger partial charge in [0.2, 0.25) is 10.0 Å². The van der Waals surface area contributed by atoms with Crippen LogP contribution >= 0.6 is 0 Å². The first kappa shape index (κ1) is 14.5. The molecule has 0 aromatic carbocycles. The van der Waals surface area contributed by atoms with E-state index in [0.29, 0.717) is 24.5 Å². The van der Waals surface area contributed by atoms with E-state index in [2.05, 4.69) is 20.5 Å². The summed E-state index contributed by atoms with van der Waals surface area (Å²) in [6.45, 7) is 2.35. The number of anilines is 1. The third-order valence-electron chi connectivity index (χ3n) is 1.87. The molecule has 0 aliphatic heterocycles. The molecule has 1 aromatic heterocycles. The first-order chi connectivity index (χ1) is 8.37. The lowest BCUT2D eigenvalue weighted by Gasteiger charge is -2.05. The Morgan fingerprint density at radius 3 is 2.72 bits per heavy atom. The molecule has 0 atom stereocenters. The second kappa shape index (κ2) is 6.36. The highest BCUT2D eigenvalue weighted by molar-refractivity contribution is 7.88. The smallest absolute Gasteiger partial charge is 0.320 e. The highest BCUT2D eigenvalue weighted by Crippen LogP contribution is 2.06. The van der Waals surface area contributed by atoms with Gasteiger partial charge in [0.1, 0.15) is 5.76 Å². The quantitative estimate of drug-likeness (QED) is 0.635. The summed E-state index contributed by atoms with van der Waals surface area (Å²) in [5.41, 5.74) is 0. The molecule has 18 heavy (non-hydrogen) atoms. The molecule has 1 rings (SSSR count). The minimum atomic E-state index is -3.17. The molecular weight excluding hydrogens is 260 g/mol. The number of nitrogens with one attached hydrogen (secondary N) is 3. The molecule has 0 aliphatic carbocycles. The van der Waals surface area contributed by atoms with E-state index in [1.54, 1.807) is 13.0 Å². The Bertz CT molecular complexity index is 496. The Morgan fingerprint density at radius 2 is 2.17 bits per heavy atom. The van der Waals surface area contributed by atoms with Gasteiger partial charge in [-0.05, 0) is 13.3 Å². The summed E-state index contributed by atoms with van der Waals surface area (Å²) in [6, 6.07) is 1.17. The fourth-order valence-electron chi connectivity index (χ4n) is 1.13. The van der Waals surface area contributed by atoms with Crippen molar-refractivity contribution in [3.8, 4) is 0 Å². The Hall–Kier alpha value is -1.61. The van der Waals surface area contributed by atoms with Gasteiger partial charge in [0.05, 0.1) is 6.26 Å². The van der Waals surface area contributed by atoms with Crippen molar-refractivity contribution in [3.63, 3.8) is 0 Å². The number of amides is 2. The van der Waals surface area contributed by atoms with E-state index in [1.807, 2.05) is 0 Å². The summed E-state index contributed by atoms with van der Waals surface area (Å²) in [5, 5.41) is 8.63. The molecule has 0 saturated carbocycles. The maximum Gasteiger partial charge on any atom is 0.320 e. The molecule has 0 radical (unpaired) electrons. The molecule has 2 amide bonds. The molecule has 1 heterocycles. The van der Waals surface area contributed by atoms with Gasteiger partial charge in [-0.1, -0.05) is 5.16 Å². The van der Waals surface area contributed by atoms with Crippen molar-refractivity contribution >= 4 is 21.9 Å². The summed E-state index contributed by atoms with van der Waals surface area (Å²) >= 11 is 0. The second-order valence-corrected chi connectivity index (χ2v) is 5.56. The number of nitrogens with zero attached hydrogens (tertiary/aromatic N) is 1. The first-order valence-corrected chi connectivity index (χ1v) is 7.19. The molecule has 0 fully saturated rings. The van der Waals surface area contributed by atoms with Crippen LogP contribution in [0, 0.1) is 6.92 Å². The van der Waals surface area contributed by atoms with Crippen LogP contribution in [-0.4, -0.2) is 39.0 Å². The number of carbonyl (C=O) groups excluding carboxylic acids is 1. The van der Waals surface area contributed by atoms with Crippen LogP contribution < -0.4 is 15.4 Å². The molecular formula is C9H16N4O4S. The average Bonchev–Trinajstić information content (AvgIpc) is 2.61. The number of aryl methyl sites for hydroxylation is 1. The Labute approximate surface area is 105 Å². The lowest BCUT2D eigenvalue weighted by atomic mass is 10.4. The predicted octanol–water partition coefficient (Wildman–Crippen LogP) is 0.0438. The normalized spacial score (nSPS) is 11.2. The maximum atomic E-state index is 11.3. The molecule has 0 bridgehead atoms. The number of rotatable bonds is 6. The van der Waals surface area contributed by atoms with Gasteiger partial charge in [-0.25, -0.2) is 17.9 Å². The number of carbonyl (C=O) groups is 1. The minimum Gasteiger partial charge on any atom is -0.360 e. The summed E-state index contributed by atoms with van der Waals surface area (Å²) in [5.74, 6) is 0.932. The second-order valence-electron chi connectivity index (χ2n) is 3.72. The molecule has 0 spiro atoms. The number of hydrogen-bond donors (Lipinski definition) is 3. The van der Waals surface area contributed by atoms with Crippen molar-refractivity contribution in [1.29, 1.82) is 0 Å². The topological polar surface area (TPSA) is 113 Å². The molecule has 0 aliphatic rings. The van der Waals surface area contributed by atoms with E-state index in [-0.39, 0.29) is 6.54 Å². The van der Waals surface area contributed by atoms with Gasteiger partial charge in [0.15, 0.2) is 5.82 Å². The van der Waals surface area contributed by atoms with Crippen LogP contribution in [0.25, 0.3) is 0 Å². The van der Waals surface area contributed by atoms with E-state index in [0.717, 1.165) is 6.26 Å². The van der Waals surface area contributed by atoms with Gasteiger partial charge in [-0.15, -0.1) is 0 Å². The highest BCUT2D eigenvalue weighted by Gasteiger charge is 2.05. The van der Waals surface area contributed by atoms with Gasteiger partial charge in [-0.3, -0.25) is 5.32 Å². The number of urea groups is 1. The summed E-state index contributed by atoms with van der Waals surface area (Å²) < 4.78 is 28.6. The van der Waals surface area contributed by atoms with Crippen LogP contribution in [0.3, 0.4) is 0 Å². The number of hydrogen-bond acceptors (Lipinski definition) is 5. The van der Waals surface area contributed by atoms with E-state index in [4.69, 9.17) is 4.52 Å². The highest BCUT2D eigenvalue weighted by atomic mass is 32.2. The molecule has 9 heteroatoms. The SMILES string of the molecule is Cc1cc(NC(=O)NCCCNS(C)(=O)=O)no1. The summed E-state index contributed by atoms with van der Waals surface area (Å²) in [6.07, 6.45) is 1.58. The zero-order valence-electron chi connectivity index (χ0n) is 10.2. The zero-order valence-corrected chi connectivity index (χ0v) is 11.0. The average molecular weight is 276 g/mol.